The first kappa shape index (κ1) is 32.8. The van der Waals surface area contributed by atoms with Gasteiger partial charge in [0.05, 0.1) is 16.3 Å². The molecule has 0 aromatic heterocycles. The van der Waals surface area contributed by atoms with Gasteiger partial charge in [-0.1, -0.05) is 54.6 Å². The molecule has 45 heavy (non-hydrogen) atoms. The summed E-state index contributed by atoms with van der Waals surface area (Å²) >= 11 is 0. The van der Waals surface area contributed by atoms with Crippen molar-refractivity contribution in [2.75, 3.05) is 12.4 Å². The lowest BCUT2D eigenvalue weighted by Crippen LogP contribution is -2.55. The third-order valence-electron chi connectivity index (χ3n) is 8.29. The number of hydrogen-bond donors (Lipinski definition) is 0. The third-order valence-corrected chi connectivity index (χ3v) is 11.2. The topological polar surface area (TPSA) is 127 Å². The first-order chi connectivity index (χ1) is 21.3. The van der Waals surface area contributed by atoms with Crippen molar-refractivity contribution < 1.29 is 45.6 Å². The highest BCUT2D eigenvalue weighted by Gasteiger charge is 2.59. The van der Waals surface area contributed by atoms with E-state index in [9.17, 15) is 36.1 Å². The molecule has 4 aliphatic rings. The molecule has 0 aliphatic heterocycles. The number of rotatable bonds is 9. The van der Waals surface area contributed by atoms with Gasteiger partial charge in [-0.25, -0.2) is 13.2 Å². The average molecular weight is 659 g/mol. The van der Waals surface area contributed by atoms with Crippen LogP contribution in [0.2, 0.25) is 0 Å². The van der Waals surface area contributed by atoms with Gasteiger partial charge in [-0.3, -0.25) is 9.59 Å². The molecule has 0 spiro atoms. The van der Waals surface area contributed by atoms with Crippen molar-refractivity contribution in [3.63, 3.8) is 0 Å². The second kappa shape index (κ2) is 13.4. The second-order valence-corrected chi connectivity index (χ2v) is 15.1. The zero-order valence-corrected chi connectivity index (χ0v) is 25.8. The molecule has 7 rings (SSSR count). The molecule has 4 fully saturated rings. The van der Waals surface area contributed by atoms with Crippen LogP contribution in [-0.4, -0.2) is 49.2 Å². The van der Waals surface area contributed by atoms with Crippen LogP contribution in [0.1, 0.15) is 32.1 Å². The molecule has 12 heteroatoms. The lowest BCUT2D eigenvalue weighted by atomic mass is 9.49. The Hall–Kier alpha value is -3.61. The van der Waals surface area contributed by atoms with Crippen molar-refractivity contribution in [1.29, 1.82) is 0 Å². The summed E-state index contributed by atoms with van der Waals surface area (Å²) in [5.74, 6) is -4.61. The molecule has 4 bridgehead atoms. The van der Waals surface area contributed by atoms with E-state index in [0.717, 1.165) is 12.8 Å². The number of ether oxygens (including phenoxy) is 2. The molecule has 4 aliphatic carbocycles. The number of hydrogen-bond acceptors (Lipinski definition) is 8. The van der Waals surface area contributed by atoms with Crippen LogP contribution in [0.15, 0.2) is 106 Å². The van der Waals surface area contributed by atoms with Gasteiger partial charge in [-0.05, 0) is 74.4 Å². The maximum Gasteiger partial charge on any atom is 0.413 e. The Balaban J connectivity index is 0.000000186. The highest BCUT2D eigenvalue weighted by Crippen LogP contribution is 2.59. The number of halogens is 2. The minimum atomic E-state index is -5.31. The van der Waals surface area contributed by atoms with Crippen molar-refractivity contribution in [2.45, 2.75) is 52.9 Å². The molecule has 8 nitrogen and oxygen atoms in total. The van der Waals surface area contributed by atoms with E-state index in [2.05, 4.69) is 95.7 Å². The fraction of sp³-hybridized carbons (Fsp3) is 0.364. The van der Waals surface area contributed by atoms with Gasteiger partial charge in [-0.2, -0.15) is 8.78 Å². The predicted octanol–water partition coefficient (Wildman–Crippen LogP) is 5.39. The van der Waals surface area contributed by atoms with Crippen LogP contribution in [0.4, 0.5) is 8.78 Å². The fourth-order valence-corrected chi connectivity index (χ4v) is 9.36. The van der Waals surface area contributed by atoms with Crippen LogP contribution >= 0.6 is 0 Å². The van der Waals surface area contributed by atoms with Crippen molar-refractivity contribution in [1.82, 2.24) is 0 Å². The summed E-state index contributed by atoms with van der Waals surface area (Å²) in [5.41, 5.74) is -0.883. The molecule has 0 N–H and O–H groups in total. The number of alkyl halides is 2. The molecule has 0 radical (unpaired) electrons. The van der Waals surface area contributed by atoms with Crippen molar-refractivity contribution in [3.05, 3.63) is 91.0 Å². The summed E-state index contributed by atoms with van der Waals surface area (Å²) in [6.07, 6.45) is -1.83. The molecule has 4 saturated carbocycles. The van der Waals surface area contributed by atoms with Gasteiger partial charge in [0, 0.05) is 11.8 Å². The van der Waals surface area contributed by atoms with Gasteiger partial charge >= 0.3 is 18.0 Å². The summed E-state index contributed by atoms with van der Waals surface area (Å²) in [5, 5.41) is 0. The molecular weight excluding hydrogens is 626 g/mol. The monoisotopic (exact) mass is 658 g/mol. The zero-order valence-electron chi connectivity index (χ0n) is 24.2. The highest BCUT2D eigenvalue weighted by atomic mass is 32.2. The minimum absolute atomic E-state index is 0.0146. The van der Waals surface area contributed by atoms with Gasteiger partial charge in [-0.15, -0.1) is 0 Å². The minimum Gasteiger partial charge on any atom is -0.748 e. The summed E-state index contributed by atoms with van der Waals surface area (Å²) in [7, 11) is -5.33. The van der Waals surface area contributed by atoms with E-state index in [-0.39, 0.29) is 34.4 Å². The molecule has 3 aromatic rings. The molecule has 0 saturated heterocycles. The SMILES string of the molecule is O=C(COC(=O)C12CC3CC(C1)C(=O)C(C3)C2)OC(F)(F)CS(=O)(=O)[O-].c1ccc([S+](c2ccccc2)c2ccccc2)cc1. The maximum absolute atomic E-state index is 13.2. The Bertz CT molecular complexity index is 1510. The van der Waals surface area contributed by atoms with Crippen LogP contribution < -0.4 is 0 Å². The second-order valence-electron chi connectivity index (χ2n) is 11.7. The van der Waals surface area contributed by atoms with Gasteiger partial charge in [0.1, 0.15) is 21.7 Å². The Kier molecular flexibility index (Phi) is 9.76. The molecule has 2 unspecified atom stereocenters. The van der Waals surface area contributed by atoms with E-state index >= 15 is 0 Å². The summed E-state index contributed by atoms with van der Waals surface area (Å²) in [6.45, 7) is -1.12. The Morgan fingerprint density at radius 1 is 0.822 bits per heavy atom. The smallest absolute Gasteiger partial charge is 0.413 e. The average Bonchev–Trinajstić information content (AvgIpc) is 2.99. The quantitative estimate of drug-likeness (QED) is 0.170. The van der Waals surface area contributed by atoms with Gasteiger partial charge in [0.25, 0.3) is 0 Å². The first-order valence-electron chi connectivity index (χ1n) is 14.5. The number of carbonyl (C=O) groups is 3. The Labute approximate surface area is 263 Å². The number of esters is 2. The van der Waals surface area contributed by atoms with Crippen molar-refractivity contribution in [2.24, 2.45) is 23.2 Å². The summed E-state index contributed by atoms with van der Waals surface area (Å²) < 4.78 is 65.8. The normalized spacial score (nSPS) is 23.6. The molecular formula is C33H32F2O8S2. The predicted molar refractivity (Wildman–Crippen MR) is 159 cm³/mol. The van der Waals surface area contributed by atoms with Crippen LogP contribution in [0.5, 0.6) is 0 Å². The van der Waals surface area contributed by atoms with Gasteiger partial charge in [0.2, 0.25) is 0 Å². The van der Waals surface area contributed by atoms with E-state index in [1.54, 1.807) is 0 Å². The summed E-state index contributed by atoms with van der Waals surface area (Å²) in [6, 6.07) is 32.2. The number of ketones is 1. The molecule has 3 aromatic carbocycles. The molecule has 0 heterocycles. The zero-order chi connectivity index (χ0) is 32.2. The van der Waals surface area contributed by atoms with E-state index in [1.807, 2.05) is 0 Å². The third kappa shape index (κ3) is 8.16. The molecule has 2 atom stereocenters. The lowest BCUT2D eigenvalue weighted by Gasteiger charge is -2.53. The standard InChI is InChI=1S/C18H15S.C15H18F2O8S/c1-4-10-16(11-5-1)19(17-12-6-2-7-13-17)18-14-8-3-9-15-18;16-15(17,7-26(21,22)23)25-11(18)6-24-13(20)14-3-8-1-9(4-14)12(19)10(2-8)5-14/h1-15H;8-10H,1-7H2,(H,21,22,23)/q+1;/p-1. The Morgan fingerprint density at radius 3 is 1.69 bits per heavy atom. The number of Topliss-reactive ketones (excluding diaryl/α,β-unsaturated/α-hetero) is 1. The largest absolute Gasteiger partial charge is 0.748 e. The van der Waals surface area contributed by atoms with Crippen molar-refractivity contribution in [3.8, 4) is 0 Å². The summed E-state index contributed by atoms with van der Waals surface area (Å²) in [4.78, 5) is 40.0. The highest BCUT2D eigenvalue weighted by molar-refractivity contribution is 7.97. The number of benzene rings is 3. The van der Waals surface area contributed by atoms with E-state index in [4.69, 9.17) is 4.74 Å². The van der Waals surface area contributed by atoms with Gasteiger partial charge in [0.15, 0.2) is 21.3 Å². The van der Waals surface area contributed by atoms with Crippen LogP contribution in [0.25, 0.3) is 0 Å². The first-order valence-corrected chi connectivity index (χ1v) is 17.3. The van der Waals surface area contributed by atoms with Crippen LogP contribution in [-0.2, 0) is 44.9 Å². The van der Waals surface area contributed by atoms with E-state index < -0.39 is 45.9 Å². The maximum atomic E-state index is 13.2. The lowest BCUT2D eigenvalue weighted by molar-refractivity contribution is -0.225. The van der Waals surface area contributed by atoms with Crippen LogP contribution in [0, 0.1) is 23.2 Å². The molecule has 0 amide bonds. The van der Waals surface area contributed by atoms with Gasteiger partial charge < -0.3 is 14.0 Å². The van der Waals surface area contributed by atoms with Crippen LogP contribution in [0.3, 0.4) is 0 Å². The number of carbonyl (C=O) groups excluding carboxylic acids is 3. The molecule has 238 valence electrons. The van der Waals surface area contributed by atoms with E-state index in [1.165, 1.54) is 14.7 Å². The van der Waals surface area contributed by atoms with Crippen molar-refractivity contribution >= 4 is 38.7 Å². The van der Waals surface area contributed by atoms with E-state index in [0.29, 0.717) is 19.3 Å². The fourth-order valence-electron chi connectivity index (χ4n) is 6.78. The Morgan fingerprint density at radius 2 is 1.27 bits per heavy atom.